The van der Waals surface area contributed by atoms with Crippen LogP contribution in [0, 0.1) is 0 Å². The molecule has 0 fully saturated rings. The molecule has 8 heavy (non-hydrogen) atoms. The van der Waals surface area contributed by atoms with E-state index in [1.165, 1.54) is 6.34 Å². The van der Waals surface area contributed by atoms with Crippen LogP contribution in [-0.4, -0.2) is 17.9 Å². The number of hydrogen-bond donors (Lipinski definition) is 2. The molecule has 1 aliphatic heterocycles. The van der Waals surface area contributed by atoms with Gasteiger partial charge >= 0.3 is 0 Å². The van der Waals surface area contributed by atoms with E-state index in [-0.39, 0.29) is 0 Å². The molecule has 1 unspecified atom stereocenters. The Bertz CT molecular complexity index is 140. The van der Waals surface area contributed by atoms with Crippen molar-refractivity contribution in [1.82, 2.24) is 5.32 Å². The van der Waals surface area contributed by atoms with E-state index in [9.17, 15) is 0 Å². The van der Waals surface area contributed by atoms with E-state index in [4.69, 9.17) is 17.3 Å². The molecule has 0 aliphatic carbocycles. The Hall–Kier alpha value is -0.770. The molecule has 5 heteroatoms. The molecule has 0 bridgehead atoms. The Morgan fingerprint density at radius 1 is 1.88 bits per heavy atom. The van der Waals surface area contributed by atoms with Crippen LogP contribution in [0.1, 0.15) is 0 Å². The number of hydrogen-bond acceptors (Lipinski definition) is 4. The summed E-state index contributed by atoms with van der Waals surface area (Å²) in [5.74, 6) is 0.306. The molecule has 0 aromatic rings. The van der Waals surface area contributed by atoms with Gasteiger partial charge in [0.2, 0.25) is 0 Å². The van der Waals surface area contributed by atoms with Gasteiger partial charge in [-0.15, -0.1) is 0 Å². The lowest BCUT2D eigenvalue weighted by Crippen LogP contribution is -2.38. The van der Waals surface area contributed by atoms with Gasteiger partial charge in [0.1, 0.15) is 6.34 Å². The first-order valence-corrected chi connectivity index (χ1v) is 2.48. The van der Waals surface area contributed by atoms with Crippen molar-refractivity contribution in [3.8, 4) is 0 Å². The highest BCUT2D eigenvalue weighted by atomic mass is 35.5. The highest BCUT2D eigenvalue weighted by molar-refractivity contribution is 6.22. The summed E-state index contributed by atoms with van der Waals surface area (Å²) in [6.07, 6.45) is 1.32. The SMILES string of the molecule is NC1=NC=NC(Cl)N1. The van der Waals surface area contributed by atoms with E-state index >= 15 is 0 Å². The number of aliphatic imine (C=N–C) groups is 2. The number of guanidine groups is 1. The van der Waals surface area contributed by atoms with Crippen LogP contribution >= 0.6 is 11.6 Å². The monoisotopic (exact) mass is 132 g/mol. The minimum atomic E-state index is -0.451. The maximum Gasteiger partial charge on any atom is 0.199 e. The van der Waals surface area contributed by atoms with Crippen molar-refractivity contribution in [3.63, 3.8) is 0 Å². The molecule has 1 atom stereocenters. The second kappa shape index (κ2) is 2.00. The Morgan fingerprint density at radius 2 is 2.62 bits per heavy atom. The van der Waals surface area contributed by atoms with E-state index in [0.717, 1.165) is 0 Å². The van der Waals surface area contributed by atoms with Crippen molar-refractivity contribution in [2.75, 3.05) is 0 Å². The summed E-state index contributed by atoms with van der Waals surface area (Å²) >= 11 is 5.44. The molecule has 0 saturated carbocycles. The zero-order chi connectivity index (χ0) is 5.98. The van der Waals surface area contributed by atoms with Gasteiger partial charge in [0.25, 0.3) is 0 Å². The molecule has 0 aromatic carbocycles. The minimum Gasteiger partial charge on any atom is -0.370 e. The number of halogens is 1. The summed E-state index contributed by atoms with van der Waals surface area (Å²) in [5, 5.41) is 2.57. The van der Waals surface area contributed by atoms with Gasteiger partial charge in [-0.05, 0) is 0 Å². The Balaban J connectivity index is 2.59. The molecule has 44 valence electrons. The van der Waals surface area contributed by atoms with Crippen LogP contribution in [-0.2, 0) is 0 Å². The first kappa shape index (κ1) is 5.37. The lowest BCUT2D eigenvalue weighted by molar-refractivity contribution is 0.830. The van der Waals surface area contributed by atoms with Gasteiger partial charge in [-0.25, -0.2) is 9.98 Å². The van der Waals surface area contributed by atoms with Gasteiger partial charge in [-0.2, -0.15) is 0 Å². The molecule has 4 nitrogen and oxygen atoms in total. The van der Waals surface area contributed by atoms with Crippen molar-refractivity contribution < 1.29 is 0 Å². The van der Waals surface area contributed by atoms with Crippen LogP contribution in [0.4, 0.5) is 0 Å². The van der Waals surface area contributed by atoms with Crippen LogP contribution in [0.3, 0.4) is 0 Å². The summed E-state index contributed by atoms with van der Waals surface area (Å²) in [6, 6.07) is 0. The van der Waals surface area contributed by atoms with E-state index < -0.39 is 5.62 Å². The molecule has 0 aromatic heterocycles. The van der Waals surface area contributed by atoms with Crippen LogP contribution in [0.25, 0.3) is 0 Å². The Morgan fingerprint density at radius 3 is 3.00 bits per heavy atom. The third-order valence-corrected chi connectivity index (χ3v) is 0.883. The number of nitrogens with zero attached hydrogens (tertiary/aromatic N) is 2. The smallest absolute Gasteiger partial charge is 0.199 e. The van der Waals surface area contributed by atoms with E-state index in [1.807, 2.05) is 0 Å². The molecule has 1 aliphatic rings. The van der Waals surface area contributed by atoms with Crippen LogP contribution in [0.2, 0.25) is 0 Å². The lowest BCUT2D eigenvalue weighted by Gasteiger charge is -2.09. The predicted octanol–water partition coefficient (Wildman–Crippen LogP) is -0.545. The standard InChI is InChI=1S/C3H5ClN4/c4-2-6-1-7-3(5)8-2/h1-2H,(H3,5,6,7,8). The maximum atomic E-state index is 5.44. The number of rotatable bonds is 0. The molecule has 0 radical (unpaired) electrons. The summed E-state index contributed by atoms with van der Waals surface area (Å²) in [7, 11) is 0. The summed E-state index contributed by atoms with van der Waals surface area (Å²) in [4.78, 5) is 7.23. The van der Waals surface area contributed by atoms with Crippen molar-refractivity contribution in [2.45, 2.75) is 5.62 Å². The normalized spacial score (nSPS) is 26.6. The fraction of sp³-hybridized carbons (Fsp3) is 0.333. The third kappa shape index (κ3) is 1.10. The highest BCUT2D eigenvalue weighted by Gasteiger charge is 2.02. The average Bonchev–Trinajstić information content (AvgIpc) is 1.64. The number of nitrogens with one attached hydrogen (secondary N) is 1. The Labute approximate surface area is 51.4 Å². The lowest BCUT2D eigenvalue weighted by atomic mass is 10.8. The topological polar surface area (TPSA) is 62.8 Å². The van der Waals surface area contributed by atoms with Crippen molar-refractivity contribution in [1.29, 1.82) is 0 Å². The zero-order valence-corrected chi connectivity index (χ0v) is 4.76. The second-order valence-corrected chi connectivity index (χ2v) is 1.67. The van der Waals surface area contributed by atoms with Crippen molar-refractivity contribution >= 4 is 23.9 Å². The Kier molecular flexibility index (Phi) is 1.34. The first-order valence-electron chi connectivity index (χ1n) is 2.04. The molecular weight excluding hydrogens is 128 g/mol. The van der Waals surface area contributed by atoms with Crippen LogP contribution < -0.4 is 11.1 Å². The van der Waals surface area contributed by atoms with Crippen LogP contribution in [0.15, 0.2) is 9.98 Å². The third-order valence-electron chi connectivity index (χ3n) is 0.661. The predicted molar refractivity (Wildman–Crippen MR) is 32.9 cm³/mol. The second-order valence-electron chi connectivity index (χ2n) is 1.26. The molecular formula is C3H5ClN4. The molecule has 1 rings (SSSR count). The van der Waals surface area contributed by atoms with E-state index in [1.54, 1.807) is 0 Å². The van der Waals surface area contributed by atoms with Gasteiger partial charge in [0, 0.05) is 0 Å². The largest absolute Gasteiger partial charge is 0.370 e. The van der Waals surface area contributed by atoms with Gasteiger partial charge < -0.3 is 11.1 Å². The quantitative estimate of drug-likeness (QED) is 0.343. The van der Waals surface area contributed by atoms with E-state index in [2.05, 4.69) is 15.3 Å². The molecule has 0 saturated heterocycles. The fourth-order valence-electron chi connectivity index (χ4n) is 0.351. The summed E-state index contributed by atoms with van der Waals surface area (Å²) in [5.41, 5.74) is 4.74. The first-order chi connectivity index (χ1) is 3.79. The van der Waals surface area contributed by atoms with Gasteiger partial charge in [-0.1, -0.05) is 11.6 Å². The minimum absolute atomic E-state index is 0.306. The molecule has 0 spiro atoms. The van der Waals surface area contributed by atoms with Gasteiger partial charge in [-0.3, -0.25) is 0 Å². The molecule has 1 heterocycles. The number of alkyl halides is 1. The zero-order valence-electron chi connectivity index (χ0n) is 4.00. The molecule has 0 amide bonds. The summed E-state index contributed by atoms with van der Waals surface area (Å²) in [6.45, 7) is 0. The fourth-order valence-corrected chi connectivity index (χ4v) is 0.513. The molecule has 3 N–H and O–H groups in total. The van der Waals surface area contributed by atoms with Gasteiger partial charge in [0.05, 0.1) is 0 Å². The van der Waals surface area contributed by atoms with Gasteiger partial charge in [0.15, 0.2) is 11.6 Å². The number of nitrogens with two attached hydrogens (primary N) is 1. The maximum absolute atomic E-state index is 5.44. The van der Waals surface area contributed by atoms with Crippen LogP contribution in [0.5, 0.6) is 0 Å². The average molecular weight is 133 g/mol. The summed E-state index contributed by atoms with van der Waals surface area (Å²) < 4.78 is 0. The van der Waals surface area contributed by atoms with E-state index in [0.29, 0.717) is 5.96 Å². The van der Waals surface area contributed by atoms with Crippen molar-refractivity contribution in [3.05, 3.63) is 0 Å². The van der Waals surface area contributed by atoms with Crippen molar-refractivity contribution in [2.24, 2.45) is 15.7 Å². The highest BCUT2D eigenvalue weighted by Crippen LogP contribution is 1.93.